The number of nitrogens with two attached hydrogens (primary N) is 1. The fourth-order valence-corrected chi connectivity index (χ4v) is 0.646. The van der Waals surface area contributed by atoms with Crippen LogP contribution in [-0.2, 0) is 0 Å². The third kappa shape index (κ3) is 3.32. The Hall–Kier alpha value is -1.12. The monoisotopic (exact) mass is 167 g/mol. The predicted molar refractivity (Wildman–Crippen MR) is 51.9 cm³/mol. The van der Waals surface area contributed by atoms with Gasteiger partial charge in [-0.3, -0.25) is 0 Å². The summed E-state index contributed by atoms with van der Waals surface area (Å²) >= 11 is 0. The molecule has 0 spiro atoms. The van der Waals surface area contributed by atoms with Gasteiger partial charge in [-0.2, -0.15) is 0 Å². The van der Waals surface area contributed by atoms with Gasteiger partial charge in [0, 0.05) is 12.4 Å². The minimum atomic E-state index is 0.337. The van der Waals surface area contributed by atoms with Gasteiger partial charge >= 0.3 is 0 Å². The van der Waals surface area contributed by atoms with Crippen molar-refractivity contribution in [3.8, 4) is 0 Å². The van der Waals surface area contributed by atoms with Crippen molar-refractivity contribution in [1.82, 2.24) is 9.97 Å². The summed E-state index contributed by atoms with van der Waals surface area (Å²) in [6.07, 6.45) is 3.51. The summed E-state index contributed by atoms with van der Waals surface area (Å²) in [7, 11) is 0. The number of hydrogen-bond acceptors (Lipinski definition) is 3. The van der Waals surface area contributed by atoms with Crippen molar-refractivity contribution >= 4 is 5.95 Å². The highest BCUT2D eigenvalue weighted by Crippen LogP contribution is 2.10. The van der Waals surface area contributed by atoms with Crippen LogP contribution >= 0.6 is 0 Å². The van der Waals surface area contributed by atoms with E-state index in [0.29, 0.717) is 11.9 Å². The van der Waals surface area contributed by atoms with Crippen molar-refractivity contribution in [2.45, 2.75) is 33.6 Å². The van der Waals surface area contributed by atoms with Crippen LogP contribution in [-0.4, -0.2) is 9.97 Å². The normalized spacial score (nSPS) is 9.08. The van der Waals surface area contributed by atoms with E-state index < -0.39 is 0 Å². The van der Waals surface area contributed by atoms with E-state index in [1.807, 2.05) is 13.8 Å². The highest BCUT2D eigenvalue weighted by Gasteiger charge is 1.97. The number of anilines is 1. The Morgan fingerprint density at radius 3 is 1.92 bits per heavy atom. The summed E-state index contributed by atoms with van der Waals surface area (Å²) in [6, 6.07) is 0. The van der Waals surface area contributed by atoms with Crippen molar-refractivity contribution in [3.05, 3.63) is 18.0 Å². The van der Waals surface area contributed by atoms with Gasteiger partial charge in [0.2, 0.25) is 5.95 Å². The summed E-state index contributed by atoms with van der Waals surface area (Å²) in [5, 5.41) is 0. The van der Waals surface area contributed by atoms with Gasteiger partial charge in [0.25, 0.3) is 0 Å². The summed E-state index contributed by atoms with van der Waals surface area (Å²) in [5.41, 5.74) is 6.42. The number of nitrogens with zero attached hydrogens (tertiary/aromatic N) is 2. The zero-order chi connectivity index (χ0) is 9.56. The Bertz CT molecular complexity index is 204. The molecule has 2 N–H and O–H groups in total. The highest BCUT2D eigenvalue weighted by molar-refractivity contribution is 5.18. The molecule has 1 heterocycles. The molecule has 0 aromatic carbocycles. The Labute approximate surface area is 74.0 Å². The zero-order valence-electron chi connectivity index (χ0n) is 8.20. The Morgan fingerprint density at radius 2 is 1.58 bits per heavy atom. The molecular formula is C9H17N3. The molecule has 0 atom stereocenters. The number of rotatable bonds is 1. The molecule has 0 aliphatic rings. The molecule has 3 nitrogen and oxygen atoms in total. The molecule has 0 bridgehead atoms. The van der Waals surface area contributed by atoms with Gasteiger partial charge in [-0.25, -0.2) is 9.97 Å². The van der Waals surface area contributed by atoms with Gasteiger partial charge in [0.15, 0.2) is 0 Å². The highest BCUT2D eigenvalue weighted by atomic mass is 15.0. The second-order valence-corrected chi connectivity index (χ2v) is 2.53. The van der Waals surface area contributed by atoms with Crippen LogP contribution in [0.3, 0.4) is 0 Å². The van der Waals surface area contributed by atoms with E-state index in [4.69, 9.17) is 5.73 Å². The van der Waals surface area contributed by atoms with Gasteiger partial charge in [-0.1, -0.05) is 27.7 Å². The molecule has 0 saturated carbocycles. The third-order valence-electron chi connectivity index (χ3n) is 1.36. The lowest BCUT2D eigenvalue weighted by Gasteiger charge is -2.01. The van der Waals surface area contributed by atoms with E-state index in [-0.39, 0.29) is 0 Å². The molecule has 1 rings (SSSR count). The smallest absolute Gasteiger partial charge is 0.219 e. The molecular weight excluding hydrogens is 150 g/mol. The molecule has 68 valence electrons. The molecule has 0 radical (unpaired) electrons. The molecule has 1 aromatic rings. The summed E-state index contributed by atoms with van der Waals surface area (Å²) in [5.74, 6) is 0.810. The van der Waals surface area contributed by atoms with Gasteiger partial charge in [-0.05, 0) is 11.5 Å². The van der Waals surface area contributed by atoms with E-state index >= 15 is 0 Å². The molecule has 0 saturated heterocycles. The standard InChI is InChI=1S/C7H11N3.C2H6/c1-5(2)6-3-9-7(8)10-4-6;1-2/h3-5H,1-2H3,(H2,8,9,10);1-2H3. The molecule has 3 heteroatoms. The Kier molecular flexibility index (Phi) is 5.00. The van der Waals surface area contributed by atoms with Crippen LogP contribution in [0.1, 0.15) is 39.2 Å². The van der Waals surface area contributed by atoms with Crippen molar-refractivity contribution < 1.29 is 0 Å². The molecule has 12 heavy (non-hydrogen) atoms. The molecule has 0 unspecified atom stereocenters. The maximum atomic E-state index is 5.30. The van der Waals surface area contributed by atoms with Crippen LogP contribution < -0.4 is 5.73 Å². The van der Waals surface area contributed by atoms with Crippen LogP contribution in [0.4, 0.5) is 5.95 Å². The largest absolute Gasteiger partial charge is 0.368 e. The maximum absolute atomic E-state index is 5.30. The molecule has 0 aliphatic heterocycles. The topological polar surface area (TPSA) is 51.8 Å². The van der Waals surface area contributed by atoms with Gasteiger partial charge < -0.3 is 5.73 Å². The van der Waals surface area contributed by atoms with Crippen molar-refractivity contribution in [2.24, 2.45) is 0 Å². The van der Waals surface area contributed by atoms with Crippen LogP contribution in [0, 0.1) is 0 Å². The van der Waals surface area contributed by atoms with Crippen LogP contribution in [0.2, 0.25) is 0 Å². The molecule has 0 fully saturated rings. The number of aromatic nitrogens is 2. The number of nitrogen functional groups attached to an aromatic ring is 1. The van der Waals surface area contributed by atoms with Crippen molar-refractivity contribution in [2.75, 3.05) is 5.73 Å². The fraction of sp³-hybridized carbons (Fsp3) is 0.556. The lowest BCUT2D eigenvalue weighted by Crippen LogP contribution is -1.96. The second kappa shape index (κ2) is 5.52. The first kappa shape index (κ1) is 10.9. The van der Waals surface area contributed by atoms with Crippen LogP contribution in [0.5, 0.6) is 0 Å². The van der Waals surface area contributed by atoms with E-state index in [1.165, 1.54) is 0 Å². The van der Waals surface area contributed by atoms with Crippen LogP contribution in [0.15, 0.2) is 12.4 Å². The average molecular weight is 167 g/mol. The molecule has 0 aliphatic carbocycles. The fourth-order valence-electron chi connectivity index (χ4n) is 0.646. The zero-order valence-corrected chi connectivity index (χ0v) is 8.20. The van der Waals surface area contributed by atoms with E-state index in [0.717, 1.165) is 5.56 Å². The van der Waals surface area contributed by atoms with Crippen LogP contribution in [0.25, 0.3) is 0 Å². The lowest BCUT2D eigenvalue weighted by atomic mass is 10.1. The van der Waals surface area contributed by atoms with E-state index in [2.05, 4.69) is 23.8 Å². The quantitative estimate of drug-likeness (QED) is 0.697. The van der Waals surface area contributed by atoms with E-state index in [1.54, 1.807) is 12.4 Å². The minimum absolute atomic E-state index is 0.337. The first-order chi connectivity index (χ1) is 5.70. The predicted octanol–water partition coefficient (Wildman–Crippen LogP) is 2.21. The third-order valence-corrected chi connectivity index (χ3v) is 1.36. The van der Waals surface area contributed by atoms with Gasteiger partial charge in [0.1, 0.15) is 0 Å². The Balaban J connectivity index is 0.000000561. The van der Waals surface area contributed by atoms with E-state index in [9.17, 15) is 0 Å². The SMILES string of the molecule is CC.CC(C)c1cnc(N)nc1. The summed E-state index contributed by atoms with van der Waals surface area (Å²) in [6.45, 7) is 8.18. The first-order valence-corrected chi connectivity index (χ1v) is 4.27. The first-order valence-electron chi connectivity index (χ1n) is 4.27. The lowest BCUT2D eigenvalue weighted by molar-refractivity contribution is 0.848. The molecule has 0 amide bonds. The van der Waals surface area contributed by atoms with Gasteiger partial charge in [0.05, 0.1) is 0 Å². The summed E-state index contributed by atoms with van der Waals surface area (Å²) in [4.78, 5) is 7.73. The molecule has 1 aromatic heterocycles. The maximum Gasteiger partial charge on any atom is 0.219 e. The van der Waals surface area contributed by atoms with Gasteiger partial charge in [-0.15, -0.1) is 0 Å². The minimum Gasteiger partial charge on any atom is -0.368 e. The average Bonchev–Trinajstić information content (AvgIpc) is 2.09. The number of hydrogen-bond donors (Lipinski definition) is 1. The van der Waals surface area contributed by atoms with Crippen molar-refractivity contribution in [1.29, 1.82) is 0 Å². The second-order valence-electron chi connectivity index (χ2n) is 2.53. The Morgan fingerprint density at radius 1 is 1.17 bits per heavy atom. The summed E-state index contributed by atoms with van der Waals surface area (Å²) < 4.78 is 0. The van der Waals surface area contributed by atoms with Crippen molar-refractivity contribution in [3.63, 3.8) is 0 Å².